The van der Waals surface area contributed by atoms with E-state index in [0.29, 0.717) is 51.4 Å². The van der Waals surface area contributed by atoms with Crippen LogP contribution in [0.2, 0.25) is 0 Å². The van der Waals surface area contributed by atoms with Gasteiger partial charge in [-0.2, -0.15) is 0 Å². The lowest BCUT2D eigenvalue weighted by Crippen LogP contribution is -2.65. The van der Waals surface area contributed by atoms with Gasteiger partial charge in [0.15, 0.2) is 0 Å². The van der Waals surface area contributed by atoms with Crippen molar-refractivity contribution < 1.29 is 23.9 Å². The van der Waals surface area contributed by atoms with Crippen LogP contribution < -0.4 is 10.6 Å². The van der Waals surface area contributed by atoms with E-state index < -0.39 is 18.0 Å². The number of benzene rings is 1. The van der Waals surface area contributed by atoms with E-state index in [-0.39, 0.29) is 30.9 Å². The molecule has 1 aromatic rings. The molecule has 10 heteroatoms. The second-order valence-corrected chi connectivity index (χ2v) is 8.20. The molecule has 0 spiro atoms. The van der Waals surface area contributed by atoms with E-state index in [1.54, 1.807) is 34.1 Å². The normalized spacial score (nSPS) is 24.0. The number of hydrogen-bond donors (Lipinski definition) is 2. The molecule has 3 fully saturated rings. The largest absolute Gasteiger partial charge is 0.378 e. The summed E-state index contributed by atoms with van der Waals surface area (Å²) in [5.41, 5.74) is 0.480. The molecule has 10 nitrogen and oxygen atoms in total. The average Bonchev–Trinajstić information content (AvgIpc) is 2.85. The summed E-state index contributed by atoms with van der Waals surface area (Å²) in [6.07, 6.45) is 1.32. The van der Waals surface area contributed by atoms with E-state index in [2.05, 4.69) is 10.6 Å². The minimum atomic E-state index is -0.879. The molecule has 0 radical (unpaired) electrons. The highest BCUT2D eigenvalue weighted by atomic mass is 16.5. The van der Waals surface area contributed by atoms with Crippen molar-refractivity contribution in [2.24, 2.45) is 0 Å². The zero-order valence-electron chi connectivity index (χ0n) is 18.0. The molecule has 2 N–H and O–H groups in total. The summed E-state index contributed by atoms with van der Waals surface area (Å²) >= 11 is 0. The van der Waals surface area contributed by atoms with Gasteiger partial charge >= 0.3 is 6.03 Å². The van der Waals surface area contributed by atoms with Crippen molar-refractivity contribution in [2.75, 3.05) is 52.5 Å². The van der Waals surface area contributed by atoms with Gasteiger partial charge in [-0.3, -0.25) is 14.4 Å². The second-order valence-electron chi connectivity index (χ2n) is 8.20. The van der Waals surface area contributed by atoms with Crippen LogP contribution >= 0.6 is 0 Å². The Labute approximate surface area is 186 Å². The maximum atomic E-state index is 13.2. The predicted octanol–water partition coefficient (Wildman–Crippen LogP) is -0.340. The van der Waals surface area contributed by atoms with Crippen LogP contribution in [0.25, 0.3) is 0 Å². The highest BCUT2D eigenvalue weighted by Gasteiger charge is 2.40. The van der Waals surface area contributed by atoms with Crippen molar-refractivity contribution >= 4 is 23.8 Å². The third-order valence-corrected chi connectivity index (χ3v) is 6.12. The fraction of sp³-hybridized carbons (Fsp3) is 0.545. The molecule has 2 atom stereocenters. The van der Waals surface area contributed by atoms with Crippen molar-refractivity contribution in [1.29, 1.82) is 0 Å². The molecule has 32 heavy (non-hydrogen) atoms. The second kappa shape index (κ2) is 9.99. The molecule has 0 aliphatic carbocycles. The monoisotopic (exact) mass is 443 g/mol. The molecule has 0 bridgehead atoms. The van der Waals surface area contributed by atoms with Crippen LogP contribution in [-0.4, -0.2) is 103 Å². The summed E-state index contributed by atoms with van der Waals surface area (Å²) in [7, 11) is 0. The molecule has 3 saturated heterocycles. The number of morpholine rings is 1. The molecule has 0 aromatic heterocycles. The van der Waals surface area contributed by atoms with E-state index in [1.165, 1.54) is 4.90 Å². The molecule has 1 aromatic carbocycles. The van der Waals surface area contributed by atoms with E-state index in [1.807, 2.05) is 6.07 Å². The van der Waals surface area contributed by atoms with Gasteiger partial charge in [0.25, 0.3) is 5.91 Å². The van der Waals surface area contributed by atoms with E-state index >= 15 is 0 Å². The first-order valence-corrected chi connectivity index (χ1v) is 11.1. The minimum absolute atomic E-state index is 0.0783. The maximum Gasteiger partial charge on any atom is 0.320 e. The van der Waals surface area contributed by atoms with Crippen molar-refractivity contribution in [3.8, 4) is 0 Å². The van der Waals surface area contributed by atoms with Gasteiger partial charge in [-0.05, 0) is 25.0 Å². The number of nitrogens with zero attached hydrogens (tertiary/aromatic N) is 3. The first-order chi connectivity index (χ1) is 15.5. The lowest BCUT2D eigenvalue weighted by Gasteiger charge is -2.43. The van der Waals surface area contributed by atoms with Gasteiger partial charge in [-0.25, -0.2) is 4.79 Å². The number of urea groups is 1. The van der Waals surface area contributed by atoms with Crippen LogP contribution in [0.5, 0.6) is 0 Å². The molecule has 4 rings (SSSR count). The van der Waals surface area contributed by atoms with Crippen LogP contribution in [0.4, 0.5) is 4.79 Å². The Morgan fingerprint density at radius 3 is 2.47 bits per heavy atom. The van der Waals surface area contributed by atoms with Crippen molar-refractivity contribution in [3.05, 3.63) is 35.9 Å². The number of nitrogens with one attached hydrogen (secondary N) is 2. The fourth-order valence-corrected chi connectivity index (χ4v) is 4.30. The van der Waals surface area contributed by atoms with Gasteiger partial charge in [-0.15, -0.1) is 0 Å². The van der Waals surface area contributed by atoms with Crippen LogP contribution in [-0.2, 0) is 14.3 Å². The number of amides is 5. The Morgan fingerprint density at radius 1 is 1.00 bits per heavy atom. The third kappa shape index (κ3) is 4.85. The number of piperazine rings is 1. The molecular weight excluding hydrogens is 414 g/mol. The molecule has 3 aliphatic rings. The van der Waals surface area contributed by atoms with Crippen molar-refractivity contribution in [1.82, 2.24) is 25.3 Å². The summed E-state index contributed by atoms with van der Waals surface area (Å²) in [5.74, 6) is -0.907. The smallest absolute Gasteiger partial charge is 0.320 e. The Bertz CT molecular complexity index is 858. The van der Waals surface area contributed by atoms with Crippen molar-refractivity contribution in [3.63, 3.8) is 0 Å². The summed E-state index contributed by atoms with van der Waals surface area (Å²) < 4.78 is 5.32. The minimum Gasteiger partial charge on any atom is -0.378 e. The number of ether oxygens (including phenoxy) is 1. The molecular formula is C22H29N5O5. The van der Waals surface area contributed by atoms with Crippen molar-refractivity contribution in [2.45, 2.75) is 24.9 Å². The predicted molar refractivity (Wildman–Crippen MR) is 115 cm³/mol. The van der Waals surface area contributed by atoms with E-state index in [4.69, 9.17) is 4.74 Å². The van der Waals surface area contributed by atoms with E-state index in [0.717, 1.165) is 6.42 Å². The molecule has 3 aliphatic heterocycles. The van der Waals surface area contributed by atoms with Gasteiger partial charge in [0.1, 0.15) is 12.1 Å². The first kappa shape index (κ1) is 22.1. The summed E-state index contributed by atoms with van der Waals surface area (Å²) in [5, 5.41) is 5.55. The number of rotatable bonds is 3. The average molecular weight is 444 g/mol. The Kier molecular flexibility index (Phi) is 6.89. The summed E-state index contributed by atoms with van der Waals surface area (Å²) in [4.78, 5) is 56.4. The third-order valence-electron chi connectivity index (χ3n) is 6.12. The Morgan fingerprint density at radius 2 is 1.75 bits per heavy atom. The molecule has 5 amide bonds. The lowest BCUT2D eigenvalue weighted by molar-refractivity contribution is -0.133. The summed E-state index contributed by atoms with van der Waals surface area (Å²) in [6, 6.07) is 7.11. The van der Waals surface area contributed by atoms with Gasteiger partial charge in [0, 0.05) is 38.3 Å². The molecule has 0 saturated carbocycles. The van der Waals surface area contributed by atoms with Crippen LogP contribution in [0.15, 0.2) is 30.3 Å². The first-order valence-electron chi connectivity index (χ1n) is 11.1. The molecule has 3 heterocycles. The van der Waals surface area contributed by atoms with Gasteiger partial charge in [0.2, 0.25) is 11.8 Å². The summed E-state index contributed by atoms with van der Waals surface area (Å²) in [6.45, 7) is 3.21. The van der Waals surface area contributed by atoms with Crippen LogP contribution in [0.3, 0.4) is 0 Å². The van der Waals surface area contributed by atoms with Crippen LogP contribution in [0, 0.1) is 0 Å². The van der Waals surface area contributed by atoms with Gasteiger partial charge in [-0.1, -0.05) is 18.2 Å². The van der Waals surface area contributed by atoms with Crippen LogP contribution in [0.1, 0.15) is 23.2 Å². The number of hydrogen-bond acceptors (Lipinski definition) is 5. The zero-order chi connectivity index (χ0) is 22.5. The Hall–Kier alpha value is -3.14. The lowest BCUT2D eigenvalue weighted by atomic mass is 10.0. The quantitative estimate of drug-likeness (QED) is 0.664. The Balaban J connectivity index is 1.51. The van der Waals surface area contributed by atoms with Gasteiger partial charge in [0.05, 0.1) is 19.8 Å². The highest BCUT2D eigenvalue weighted by Crippen LogP contribution is 2.17. The highest BCUT2D eigenvalue weighted by molar-refractivity contribution is 5.99. The SMILES string of the molecule is O=C1NCCCC1NC(=O)C1CN(C(=O)N2CCOCC2)CCN1C(=O)c1ccccc1. The van der Waals surface area contributed by atoms with Gasteiger partial charge < -0.3 is 30.1 Å². The maximum absolute atomic E-state index is 13.2. The molecule has 2 unspecified atom stereocenters. The fourth-order valence-electron chi connectivity index (χ4n) is 4.30. The number of carbonyl (C=O) groups excluding carboxylic acids is 4. The molecule has 172 valence electrons. The number of carbonyl (C=O) groups is 4. The zero-order valence-corrected chi connectivity index (χ0v) is 18.0. The number of piperidine rings is 1. The standard InChI is InChI=1S/C22H29N5O5/c28-19-17(7-4-8-23-19)24-20(29)18-15-26(22(31)25-11-13-32-14-12-25)9-10-27(18)21(30)16-5-2-1-3-6-16/h1-3,5-6,17-18H,4,7-15H2,(H,23,28)(H,24,29). The topological polar surface area (TPSA) is 111 Å². The van der Waals surface area contributed by atoms with E-state index in [9.17, 15) is 19.2 Å².